The molecule has 1 fully saturated rings. The fourth-order valence-corrected chi connectivity index (χ4v) is 5.21. The molecule has 0 saturated carbocycles. The number of hydrogen-bond acceptors (Lipinski definition) is 5. The Kier molecular flexibility index (Phi) is 6.78. The lowest BCUT2D eigenvalue weighted by Gasteiger charge is -2.30. The van der Waals surface area contributed by atoms with Crippen LogP contribution in [0.25, 0.3) is 0 Å². The topological polar surface area (TPSA) is 93.5 Å². The summed E-state index contributed by atoms with van der Waals surface area (Å²) in [4.78, 5) is 12.9. The molecule has 2 heterocycles. The van der Waals surface area contributed by atoms with Gasteiger partial charge in [-0.25, -0.2) is 13.1 Å². The molecule has 0 aliphatic carbocycles. The highest BCUT2D eigenvalue weighted by molar-refractivity contribution is 7.89. The summed E-state index contributed by atoms with van der Waals surface area (Å²) in [6, 6.07) is 15.4. The average molecular weight is 475 g/mol. The Hall–Kier alpha value is -2.88. The van der Waals surface area contributed by atoms with Crippen molar-refractivity contribution in [3.8, 4) is 5.75 Å². The van der Waals surface area contributed by atoms with Gasteiger partial charge < -0.3 is 10.1 Å². The molecule has 1 amide bonds. The zero-order chi connectivity index (χ0) is 22.6. The zero-order valence-corrected chi connectivity index (χ0v) is 18.8. The maximum atomic E-state index is 12.7. The molecule has 10 heteroatoms. The van der Waals surface area contributed by atoms with Crippen LogP contribution in [0.5, 0.6) is 5.75 Å². The number of carbonyl (C=O) groups is 1. The monoisotopic (exact) mass is 474 g/mol. The van der Waals surface area contributed by atoms with Crippen LogP contribution in [-0.2, 0) is 21.5 Å². The van der Waals surface area contributed by atoms with Crippen LogP contribution in [-0.4, -0.2) is 41.5 Å². The zero-order valence-electron chi connectivity index (χ0n) is 17.2. The molecule has 168 valence electrons. The van der Waals surface area contributed by atoms with Crippen LogP contribution in [0.3, 0.4) is 0 Å². The van der Waals surface area contributed by atoms with E-state index in [1.807, 2.05) is 0 Å². The van der Waals surface area contributed by atoms with E-state index in [4.69, 9.17) is 16.3 Å². The lowest BCUT2D eigenvalue weighted by Crippen LogP contribution is -2.41. The van der Waals surface area contributed by atoms with E-state index in [9.17, 15) is 13.2 Å². The number of anilines is 1. The molecule has 0 atom stereocenters. The smallest absolute Gasteiger partial charge is 0.243 e. The Morgan fingerprint density at radius 3 is 2.59 bits per heavy atom. The second-order valence-corrected chi connectivity index (χ2v) is 9.85. The number of benzene rings is 2. The van der Waals surface area contributed by atoms with Gasteiger partial charge in [-0.15, -0.1) is 0 Å². The average Bonchev–Trinajstić information content (AvgIpc) is 3.25. The Bertz CT molecular complexity index is 1180. The number of rotatable bonds is 7. The van der Waals surface area contributed by atoms with Crippen molar-refractivity contribution in [1.82, 2.24) is 14.1 Å². The van der Waals surface area contributed by atoms with E-state index in [2.05, 4.69) is 10.4 Å². The highest BCUT2D eigenvalue weighted by Crippen LogP contribution is 2.25. The molecule has 1 aliphatic heterocycles. The molecular weight excluding hydrogens is 452 g/mol. The minimum Gasteiger partial charge on any atom is -0.471 e. The number of ether oxygens (including phenoxy) is 1. The van der Waals surface area contributed by atoms with E-state index in [-0.39, 0.29) is 23.5 Å². The van der Waals surface area contributed by atoms with Gasteiger partial charge in [0.25, 0.3) is 0 Å². The lowest BCUT2D eigenvalue weighted by atomic mass is 9.97. The van der Waals surface area contributed by atoms with Crippen LogP contribution in [0.2, 0.25) is 5.02 Å². The second-order valence-electron chi connectivity index (χ2n) is 7.48. The van der Waals surface area contributed by atoms with Crippen molar-refractivity contribution in [1.29, 1.82) is 0 Å². The summed E-state index contributed by atoms with van der Waals surface area (Å²) in [5, 5.41) is 7.63. The molecule has 4 rings (SSSR count). The highest BCUT2D eigenvalue weighted by atomic mass is 35.5. The van der Waals surface area contributed by atoms with Crippen LogP contribution < -0.4 is 10.1 Å². The van der Waals surface area contributed by atoms with Crippen molar-refractivity contribution in [2.45, 2.75) is 24.5 Å². The molecule has 1 aliphatic rings. The van der Waals surface area contributed by atoms with Crippen molar-refractivity contribution in [2.75, 3.05) is 18.4 Å². The maximum absolute atomic E-state index is 12.7. The fourth-order valence-electron chi connectivity index (χ4n) is 3.54. The van der Waals surface area contributed by atoms with Gasteiger partial charge in [0.1, 0.15) is 5.75 Å². The van der Waals surface area contributed by atoms with E-state index in [0.717, 1.165) is 0 Å². The first-order valence-electron chi connectivity index (χ1n) is 10.2. The quantitative estimate of drug-likeness (QED) is 0.564. The molecule has 8 nitrogen and oxygen atoms in total. The Morgan fingerprint density at radius 1 is 1.12 bits per heavy atom. The van der Waals surface area contributed by atoms with Crippen LogP contribution in [0.4, 0.5) is 5.69 Å². The molecule has 0 spiro atoms. The van der Waals surface area contributed by atoms with Gasteiger partial charge in [0.15, 0.2) is 6.73 Å². The molecule has 3 aromatic rings. The number of sulfonamides is 1. The molecule has 1 saturated heterocycles. The summed E-state index contributed by atoms with van der Waals surface area (Å²) < 4.78 is 34.1. The summed E-state index contributed by atoms with van der Waals surface area (Å²) in [7, 11) is -3.53. The predicted molar refractivity (Wildman–Crippen MR) is 121 cm³/mol. The Morgan fingerprint density at radius 2 is 1.88 bits per heavy atom. The maximum Gasteiger partial charge on any atom is 0.243 e. The number of carbonyl (C=O) groups excluding carboxylic acids is 1. The van der Waals surface area contributed by atoms with Crippen molar-refractivity contribution in [2.24, 2.45) is 5.92 Å². The molecular formula is C22H23ClN4O4S. The number of nitrogens with one attached hydrogen (secondary N) is 1. The van der Waals surface area contributed by atoms with Gasteiger partial charge in [0.2, 0.25) is 15.9 Å². The summed E-state index contributed by atoms with van der Waals surface area (Å²) in [6.45, 7) is 0.788. The number of aromatic nitrogens is 2. The van der Waals surface area contributed by atoms with Crippen molar-refractivity contribution < 1.29 is 17.9 Å². The van der Waals surface area contributed by atoms with Crippen LogP contribution in [0, 0.1) is 5.92 Å². The van der Waals surface area contributed by atoms with Crippen LogP contribution >= 0.6 is 11.6 Å². The first kappa shape index (κ1) is 22.3. The van der Waals surface area contributed by atoms with Gasteiger partial charge in [-0.2, -0.15) is 9.40 Å². The molecule has 1 N–H and O–H groups in total. The van der Waals surface area contributed by atoms with E-state index in [1.54, 1.807) is 71.7 Å². The van der Waals surface area contributed by atoms with E-state index < -0.39 is 10.0 Å². The van der Waals surface area contributed by atoms with Crippen molar-refractivity contribution in [3.63, 3.8) is 0 Å². The molecule has 0 bridgehead atoms. The molecule has 1 aromatic heterocycles. The third-order valence-corrected chi connectivity index (χ3v) is 7.41. The van der Waals surface area contributed by atoms with Gasteiger partial charge >= 0.3 is 0 Å². The normalized spacial score (nSPS) is 15.4. The minimum atomic E-state index is -3.53. The van der Waals surface area contributed by atoms with E-state index >= 15 is 0 Å². The minimum absolute atomic E-state index is 0.142. The highest BCUT2D eigenvalue weighted by Gasteiger charge is 2.32. The van der Waals surface area contributed by atoms with Gasteiger partial charge in [-0.1, -0.05) is 35.9 Å². The van der Waals surface area contributed by atoms with Gasteiger partial charge in [0, 0.05) is 24.0 Å². The molecule has 0 radical (unpaired) electrons. The summed E-state index contributed by atoms with van der Waals surface area (Å²) in [6.07, 6.45) is 4.15. The third-order valence-electron chi connectivity index (χ3n) is 5.27. The molecule has 32 heavy (non-hydrogen) atoms. The van der Waals surface area contributed by atoms with Crippen LogP contribution in [0.1, 0.15) is 12.8 Å². The summed E-state index contributed by atoms with van der Waals surface area (Å²) in [5.41, 5.74) is 0.559. The van der Waals surface area contributed by atoms with Gasteiger partial charge in [-0.05, 0) is 43.2 Å². The first-order valence-corrected chi connectivity index (χ1v) is 12.0. The Labute approximate surface area is 191 Å². The Balaban J connectivity index is 1.28. The fraction of sp³-hybridized carbons (Fsp3) is 0.273. The van der Waals surface area contributed by atoms with Crippen LogP contribution in [0.15, 0.2) is 71.9 Å². The molecule has 2 aromatic carbocycles. The number of nitrogens with zero attached hydrogens (tertiary/aromatic N) is 3. The van der Waals surface area contributed by atoms with E-state index in [1.165, 1.54) is 4.31 Å². The summed E-state index contributed by atoms with van der Waals surface area (Å²) in [5.74, 6) is 0.219. The SMILES string of the molecule is O=C(Nc1cnn(COc2cccc(Cl)c2)c1)C1CCN(S(=O)(=O)c2ccccc2)CC1. The van der Waals surface area contributed by atoms with E-state index in [0.29, 0.717) is 42.4 Å². The second kappa shape index (κ2) is 9.72. The number of hydrogen-bond donors (Lipinski definition) is 1. The van der Waals surface area contributed by atoms with Gasteiger partial charge in [0.05, 0.1) is 23.0 Å². The first-order chi connectivity index (χ1) is 15.4. The van der Waals surface area contributed by atoms with Crippen molar-refractivity contribution >= 4 is 33.2 Å². The lowest BCUT2D eigenvalue weighted by molar-refractivity contribution is -0.120. The standard InChI is InChI=1S/C22H23ClN4O4S/c23-18-5-4-6-20(13-18)31-16-26-15-19(14-24-26)25-22(28)17-9-11-27(12-10-17)32(29,30)21-7-2-1-3-8-21/h1-8,13-15,17H,9-12,16H2,(H,25,28). The largest absolute Gasteiger partial charge is 0.471 e. The number of piperidine rings is 1. The number of amides is 1. The van der Waals surface area contributed by atoms with Crippen molar-refractivity contribution in [3.05, 3.63) is 72.0 Å². The third kappa shape index (κ3) is 5.29. The number of halogens is 1. The summed E-state index contributed by atoms with van der Waals surface area (Å²) >= 11 is 5.94. The van der Waals surface area contributed by atoms with Gasteiger partial charge in [-0.3, -0.25) is 4.79 Å². The molecule has 0 unspecified atom stereocenters. The predicted octanol–water partition coefficient (Wildman–Crippen LogP) is 3.61.